The van der Waals surface area contributed by atoms with Crippen LogP contribution in [0.15, 0.2) is 0 Å². The predicted octanol–water partition coefficient (Wildman–Crippen LogP) is 1.10. The Morgan fingerprint density at radius 2 is 2.07 bits per heavy atom. The van der Waals surface area contributed by atoms with Crippen molar-refractivity contribution in [1.82, 2.24) is 0 Å². The van der Waals surface area contributed by atoms with Gasteiger partial charge in [0.05, 0.1) is 5.92 Å². The minimum atomic E-state index is -0.774. The summed E-state index contributed by atoms with van der Waals surface area (Å²) in [7, 11) is 0. The van der Waals surface area contributed by atoms with E-state index in [2.05, 4.69) is 13.8 Å². The van der Waals surface area contributed by atoms with Crippen molar-refractivity contribution in [3.05, 3.63) is 0 Å². The summed E-state index contributed by atoms with van der Waals surface area (Å²) in [5, 5.41) is 8.80. The quantitative estimate of drug-likeness (QED) is 0.579. The van der Waals surface area contributed by atoms with Gasteiger partial charge in [0.25, 0.3) is 0 Å². The zero-order valence-corrected chi connectivity index (χ0v) is 9.03. The summed E-state index contributed by atoms with van der Waals surface area (Å²) in [5.41, 5.74) is 5.32. The second-order valence-electron chi connectivity index (χ2n) is 3.87. The lowest BCUT2D eigenvalue weighted by Gasteiger charge is -2.11. The van der Waals surface area contributed by atoms with Gasteiger partial charge in [0, 0.05) is 13.2 Å². The molecule has 0 aromatic rings. The highest BCUT2D eigenvalue weighted by Gasteiger charge is 2.15. The smallest absolute Gasteiger partial charge is 0.306 e. The first-order valence-electron chi connectivity index (χ1n) is 5.08. The van der Waals surface area contributed by atoms with Crippen molar-refractivity contribution in [1.29, 1.82) is 0 Å². The molecule has 1 unspecified atom stereocenters. The van der Waals surface area contributed by atoms with Gasteiger partial charge >= 0.3 is 5.97 Å². The van der Waals surface area contributed by atoms with Crippen LogP contribution < -0.4 is 5.73 Å². The molecule has 4 heteroatoms. The summed E-state index contributed by atoms with van der Waals surface area (Å²) in [4.78, 5) is 10.7. The first-order chi connectivity index (χ1) is 6.57. The van der Waals surface area contributed by atoms with Gasteiger partial charge in [-0.1, -0.05) is 13.8 Å². The maximum Gasteiger partial charge on any atom is 0.306 e. The lowest BCUT2D eigenvalue weighted by atomic mass is 10.0. The molecule has 0 spiro atoms. The second-order valence-corrected chi connectivity index (χ2v) is 3.87. The summed E-state index contributed by atoms with van der Waals surface area (Å²) in [6.45, 7) is 5.74. The molecule has 0 bridgehead atoms. The van der Waals surface area contributed by atoms with E-state index in [0.717, 1.165) is 0 Å². The highest BCUT2D eigenvalue weighted by atomic mass is 16.5. The van der Waals surface area contributed by atoms with Crippen molar-refractivity contribution in [3.8, 4) is 0 Å². The van der Waals surface area contributed by atoms with Crippen molar-refractivity contribution < 1.29 is 14.6 Å². The number of nitrogens with two attached hydrogens (primary N) is 1. The Morgan fingerprint density at radius 1 is 1.43 bits per heavy atom. The summed E-state index contributed by atoms with van der Waals surface area (Å²) in [6.07, 6.45) is 1.08. The van der Waals surface area contributed by atoms with Crippen LogP contribution in [0.2, 0.25) is 0 Å². The molecule has 0 heterocycles. The summed E-state index contributed by atoms with van der Waals surface area (Å²) in [6, 6.07) is 0. The molecule has 0 aliphatic heterocycles. The van der Waals surface area contributed by atoms with Crippen LogP contribution in [0.5, 0.6) is 0 Å². The normalized spacial score (nSPS) is 13.1. The molecular weight excluding hydrogens is 182 g/mol. The van der Waals surface area contributed by atoms with E-state index < -0.39 is 5.97 Å². The fourth-order valence-electron chi connectivity index (χ4n) is 1.14. The van der Waals surface area contributed by atoms with Crippen LogP contribution in [-0.4, -0.2) is 30.8 Å². The van der Waals surface area contributed by atoms with Crippen molar-refractivity contribution >= 4 is 5.97 Å². The molecule has 0 aromatic carbocycles. The van der Waals surface area contributed by atoms with Crippen LogP contribution >= 0.6 is 0 Å². The van der Waals surface area contributed by atoms with Crippen molar-refractivity contribution in [2.24, 2.45) is 17.6 Å². The average molecular weight is 203 g/mol. The van der Waals surface area contributed by atoms with Gasteiger partial charge in [-0.15, -0.1) is 0 Å². The van der Waals surface area contributed by atoms with Crippen LogP contribution in [0.25, 0.3) is 0 Å². The Morgan fingerprint density at radius 3 is 2.50 bits per heavy atom. The monoisotopic (exact) mass is 203 g/mol. The predicted molar refractivity (Wildman–Crippen MR) is 55.1 cm³/mol. The van der Waals surface area contributed by atoms with Crippen molar-refractivity contribution in [2.75, 3.05) is 19.8 Å². The molecule has 0 fully saturated rings. The Bertz CT molecular complexity index is 159. The number of aliphatic carboxylic acids is 1. The molecule has 0 aliphatic carbocycles. The van der Waals surface area contributed by atoms with Crippen LogP contribution in [0.3, 0.4) is 0 Å². The van der Waals surface area contributed by atoms with E-state index in [0.29, 0.717) is 38.5 Å². The number of rotatable bonds is 8. The van der Waals surface area contributed by atoms with Gasteiger partial charge in [-0.25, -0.2) is 0 Å². The van der Waals surface area contributed by atoms with E-state index in [-0.39, 0.29) is 5.92 Å². The SMILES string of the molecule is CC(C)COCCC(CCN)C(=O)O. The fraction of sp³-hybridized carbons (Fsp3) is 0.900. The molecule has 0 amide bonds. The molecule has 0 radical (unpaired) electrons. The Balaban J connectivity index is 3.56. The molecule has 4 nitrogen and oxygen atoms in total. The second kappa shape index (κ2) is 7.76. The Hall–Kier alpha value is -0.610. The third-order valence-corrected chi connectivity index (χ3v) is 1.93. The minimum absolute atomic E-state index is 0.354. The first kappa shape index (κ1) is 13.4. The van der Waals surface area contributed by atoms with E-state index in [1.165, 1.54) is 0 Å². The molecule has 1 atom stereocenters. The molecule has 0 aliphatic rings. The summed E-state index contributed by atoms with van der Waals surface area (Å²) < 4.78 is 5.32. The van der Waals surface area contributed by atoms with Gasteiger partial charge in [0.1, 0.15) is 0 Å². The zero-order valence-electron chi connectivity index (χ0n) is 9.03. The lowest BCUT2D eigenvalue weighted by molar-refractivity contribution is -0.142. The fourth-order valence-corrected chi connectivity index (χ4v) is 1.14. The maximum absolute atomic E-state index is 10.7. The molecule has 84 valence electrons. The zero-order chi connectivity index (χ0) is 11.0. The molecule has 0 rings (SSSR count). The molecular formula is C10H21NO3. The topological polar surface area (TPSA) is 72.5 Å². The first-order valence-corrected chi connectivity index (χ1v) is 5.08. The molecule has 0 aromatic heterocycles. The minimum Gasteiger partial charge on any atom is -0.481 e. The van der Waals surface area contributed by atoms with Crippen LogP contribution in [0.4, 0.5) is 0 Å². The van der Waals surface area contributed by atoms with Crippen molar-refractivity contribution in [3.63, 3.8) is 0 Å². The van der Waals surface area contributed by atoms with Crippen LogP contribution in [0, 0.1) is 11.8 Å². The molecule has 0 saturated carbocycles. The lowest BCUT2D eigenvalue weighted by Crippen LogP contribution is -2.20. The number of hydrogen-bond acceptors (Lipinski definition) is 3. The van der Waals surface area contributed by atoms with Gasteiger partial charge in [0.2, 0.25) is 0 Å². The Labute approximate surface area is 85.4 Å². The largest absolute Gasteiger partial charge is 0.481 e. The molecule has 14 heavy (non-hydrogen) atoms. The van der Waals surface area contributed by atoms with Crippen LogP contribution in [0.1, 0.15) is 26.7 Å². The number of ether oxygens (including phenoxy) is 1. The number of carboxylic acids is 1. The Kier molecular flexibility index (Phi) is 7.42. The summed E-state index contributed by atoms with van der Waals surface area (Å²) >= 11 is 0. The van der Waals surface area contributed by atoms with Gasteiger partial charge in [0.15, 0.2) is 0 Å². The van der Waals surface area contributed by atoms with Gasteiger partial charge < -0.3 is 15.6 Å². The third-order valence-electron chi connectivity index (χ3n) is 1.93. The van der Waals surface area contributed by atoms with E-state index in [4.69, 9.17) is 15.6 Å². The van der Waals surface area contributed by atoms with Gasteiger partial charge in [-0.3, -0.25) is 4.79 Å². The number of carboxylic acid groups (broad SMARTS) is 1. The van der Waals surface area contributed by atoms with E-state index in [1.807, 2.05) is 0 Å². The van der Waals surface area contributed by atoms with Gasteiger partial charge in [-0.05, 0) is 25.3 Å². The summed E-state index contributed by atoms with van der Waals surface area (Å²) in [5.74, 6) is -0.636. The van der Waals surface area contributed by atoms with E-state index in [9.17, 15) is 4.79 Å². The standard InChI is InChI=1S/C10H21NO3/c1-8(2)7-14-6-4-9(3-5-11)10(12)13/h8-9H,3-7,11H2,1-2H3,(H,12,13). The average Bonchev–Trinajstić information content (AvgIpc) is 2.09. The van der Waals surface area contributed by atoms with E-state index >= 15 is 0 Å². The van der Waals surface area contributed by atoms with E-state index in [1.54, 1.807) is 0 Å². The van der Waals surface area contributed by atoms with Crippen molar-refractivity contribution in [2.45, 2.75) is 26.7 Å². The van der Waals surface area contributed by atoms with Crippen LogP contribution in [-0.2, 0) is 9.53 Å². The van der Waals surface area contributed by atoms with Gasteiger partial charge in [-0.2, -0.15) is 0 Å². The molecule has 3 N–H and O–H groups in total. The highest BCUT2D eigenvalue weighted by molar-refractivity contribution is 5.69. The number of carbonyl (C=O) groups is 1. The maximum atomic E-state index is 10.7. The number of hydrogen-bond donors (Lipinski definition) is 2. The third kappa shape index (κ3) is 6.86. The highest BCUT2D eigenvalue weighted by Crippen LogP contribution is 2.08. The molecule has 0 saturated heterocycles.